The molecule has 0 unspecified atom stereocenters. The van der Waals surface area contributed by atoms with E-state index in [4.69, 9.17) is 5.11 Å². The number of Topliss-reactive ketones (excluding diaryl/α,β-unsaturated/α-hetero) is 1. The number of ketones is 1. The van der Waals surface area contributed by atoms with E-state index in [1.807, 2.05) is 0 Å². The third kappa shape index (κ3) is 6.71. The van der Waals surface area contributed by atoms with Crippen molar-refractivity contribution in [2.45, 2.75) is 6.92 Å². The van der Waals surface area contributed by atoms with Crippen molar-refractivity contribution in [3.63, 3.8) is 0 Å². The van der Waals surface area contributed by atoms with E-state index in [2.05, 4.69) is 0 Å². The van der Waals surface area contributed by atoms with Gasteiger partial charge in [0.2, 0.25) is 5.78 Å². The van der Waals surface area contributed by atoms with Crippen molar-refractivity contribution in [1.29, 1.82) is 0 Å². The molecular formula is C3H4BaO3. The standard InChI is InChI=1S/C3H4O3.Ba/c1-2(4)3(5)6;/h1H3,(H,5,6);. The smallest absolute Gasteiger partial charge is 0.371 e. The molecule has 0 saturated heterocycles. The number of carbonyl (C=O) groups excluding carboxylic acids is 1. The summed E-state index contributed by atoms with van der Waals surface area (Å²) in [6.07, 6.45) is 0. The van der Waals surface area contributed by atoms with Gasteiger partial charge in [0.1, 0.15) is 0 Å². The normalized spacial score (nSPS) is 6.43. The van der Waals surface area contributed by atoms with Gasteiger partial charge in [-0.25, -0.2) is 4.79 Å². The van der Waals surface area contributed by atoms with Crippen LogP contribution in [-0.2, 0) is 9.59 Å². The Morgan fingerprint density at radius 1 is 1.43 bits per heavy atom. The monoisotopic (exact) mass is 226 g/mol. The Labute approximate surface area is 81.2 Å². The van der Waals surface area contributed by atoms with Crippen LogP contribution in [0.4, 0.5) is 0 Å². The van der Waals surface area contributed by atoms with Gasteiger partial charge in [-0.05, 0) is 0 Å². The summed E-state index contributed by atoms with van der Waals surface area (Å²) in [7, 11) is 0. The zero-order valence-corrected chi connectivity index (χ0v) is 8.41. The van der Waals surface area contributed by atoms with Gasteiger partial charge in [-0.2, -0.15) is 0 Å². The summed E-state index contributed by atoms with van der Waals surface area (Å²) in [6.45, 7) is 1.00. The van der Waals surface area contributed by atoms with Crippen molar-refractivity contribution < 1.29 is 14.7 Å². The van der Waals surface area contributed by atoms with Crippen molar-refractivity contribution in [1.82, 2.24) is 0 Å². The summed E-state index contributed by atoms with van der Waals surface area (Å²) in [4.78, 5) is 18.9. The molecule has 0 spiro atoms. The molecule has 0 aliphatic rings. The summed E-state index contributed by atoms with van der Waals surface area (Å²) in [5, 5.41) is 7.64. The van der Waals surface area contributed by atoms with E-state index in [1.165, 1.54) is 0 Å². The van der Waals surface area contributed by atoms with Crippen molar-refractivity contribution >= 4 is 60.6 Å². The summed E-state index contributed by atoms with van der Waals surface area (Å²) < 4.78 is 0. The molecule has 0 atom stereocenters. The molecule has 0 aliphatic heterocycles. The molecule has 0 aliphatic carbocycles. The molecule has 0 saturated carbocycles. The minimum atomic E-state index is -1.38. The molecule has 0 bridgehead atoms. The van der Waals surface area contributed by atoms with Crippen LogP contribution in [-0.4, -0.2) is 65.7 Å². The summed E-state index contributed by atoms with van der Waals surface area (Å²) >= 11 is 0. The topological polar surface area (TPSA) is 54.4 Å². The molecule has 36 valence electrons. The molecule has 0 amide bonds. The zero-order valence-electron chi connectivity index (χ0n) is 3.97. The van der Waals surface area contributed by atoms with Gasteiger partial charge in [-0.15, -0.1) is 0 Å². The molecule has 0 heterocycles. The SMILES string of the molecule is CC(=O)C(=O)O.[Ba]. The first-order valence-electron chi connectivity index (χ1n) is 1.38. The second-order valence-corrected chi connectivity index (χ2v) is 0.861. The largest absolute Gasteiger partial charge is 0.476 e. The zero-order chi connectivity index (χ0) is 5.15. The second-order valence-electron chi connectivity index (χ2n) is 0.861. The van der Waals surface area contributed by atoms with Crippen LogP contribution in [0, 0.1) is 0 Å². The minimum Gasteiger partial charge on any atom is -0.476 e. The molecule has 2 radical (unpaired) electrons. The summed E-state index contributed by atoms with van der Waals surface area (Å²) in [6, 6.07) is 0. The third-order valence-corrected chi connectivity index (χ3v) is 0.301. The van der Waals surface area contributed by atoms with E-state index in [0.29, 0.717) is 0 Å². The molecule has 1 N–H and O–H groups in total. The van der Waals surface area contributed by atoms with Gasteiger partial charge in [0.15, 0.2) is 0 Å². The number of carboxylic acid groups (broad SMARTS) is 1. The van der Waals surface area contributed by atoms with Crippen molar-refractivity contribution in [2.24, 2.45) is 0 Å². The van der Waals surface area contributed by atoms with Gasteiger partial charge in [-0.3, -0.25) is 4.79 Å². The van der Waals surface area contributed by atoms with Gasteiger partial charge in [-0.1, -0.05) is 0 Å². The quantitative estimate of drug-likeness (QED) is 0.473. The fourth-order valence-electron chi connectivity index (χ4n) is 0. The Kier molecular flexibility index (Phi) is 7.39. The van der Waals surface area contributed by atoms with Gasteiger partial charge in [0.25, 0.3) is 0 Å². The Morgan fingerprint density at radius 2 is 1.57 bits per heavy atom. The van der Waals surface area contributed by atoms with Gasteiger partial charge in [0.05, 0.1) is 0 Å². The Balaban J connectivity index is 0. The van der Waals surface area contributed by atoms with Crippen molar-refractivity contribution in [3.05, 3.63) is 0 Å². The third-order valence-electron chi connectivity index (χ3n) is 0.301. The molecule has 0 aromatic rings. The predicted molar refractivity (Wildman–Crippen MR) is 24.1 cm³/mol. The maximum Gasteiger partial charge on any atom is 0.371 e. The molecule has 0 aromatic heterocycles. The van der Waals surface area contributed by atoms with E-state index in [0.717, 1.165) is 6.92 Å². The number of hydrogen-bond donors (Lipinski definition) is 1. The van der Waals surface area contributed by atoms with E-state index in [1.54, 1.807) is 0 Å². The molecule has 7 heavy (non-hydrogen) atoms. The Bertz CT molecular complexity index is 76.2. The van der Waals surface area contributed by atoms with E-state index < -0.39 is 11.8 Å². The fraction of sp³-hybridized carbons (Fsp3) is 0.333. The molecule has 4 heteroatoms. The molecule has 0 fully saturated rings. The van der Waals surface area contributed by atoms with Crippen LogP contribution in [0.15, 0.2) is 0 Å². The first kappa shape index (κ1) is 10.6. The van der Waals surface area contributed by atoms with Crippen LogP contribution in [0.2, 0.25) is 0 Å². The van der Waals surface area contributed by atoms with E-state index >= 15 is 0 Å². The molecular weight excluding hydrogens is 221 g/mol. The van der Waals surface area contributed by atoms with Crippen LogP contribution in [0.5, 0.6) is 0 Å². The maximum absolute atomic E-state index is 9.54. The van der Waals surface area contributed by atoms with Gasteiger partial charge in [0, 0.05) is 55.8 Å². The molecule has 3 nitrogen and oxygen atoms in total. The predicted octanol–water partition coefficient (Wildman–Crippen LogP) is -0.721. The summed E-state index contributed by atoms with van der Waals surface area (Å²) in [5.74, 6) is -2.20. The van der Waals surface area contributed by atoms with Crippen LogP contribution in [0.1, 0.15) is 6.92 Å². The number of carboxylic acids is 1. The van der Waals surface area contributed by atoms with Crippen molar-refractivity contribution in [2.75, 3.05) is 0 Å². The number of rotatable bonds is 1. The first-order chi connectivity index (χ1) is 2.64. The van der Waals surface area contributed by atoms with Gasteiger partial charge >= 0.3 is 5.97 Å². The number of aliphatic carboxylic acids is 1. The number of carbonyl (C=O) groups is 2. The second kappa shape index (κ2) is 4.86. The average Bonchev–Trinajstić information content (AvgIpc) is 1.36. The molecule has 0 aromatic carbocycles. The van der Waals surface area contributed by atoms with Crippen LogP contribution in [0.3, 0.4) is 0 Å². The Hall–Kier alpha value is 0.711. The first-order valence-corrected chi connectivity index (χ1v) is 1.38. The fourth-order valence-corrected chi connectivity index (χ4v) is 0. The maximum atomic E-state index is 9.54. The van der Waals surface area contributed by atoms with Gasteiger partial charge < -0.3 is 5.11 Å². The summed E-state index contributed by atoms with van der Waals surface area (Å²) in [5.41, 5.74) is 0. The number of hydrogen-bond acceptors (Lipinski definition) is 2. The Morgan fingerprint density at radius 3 is 1.57 bits per heavy atom. The van der Waals surface area contributed by atoms with Crippen LogP contribution >= 0.6 is 0 Å². The van der Waals surface area contributed by atoms with E-state index in [9.17, 15) is 9.59 Å². The minimum absolute atomic E-state index is 0. The average molecular weight is 225 g/mol. The molecule has 0 rings (SSSR count). The van der Waals surface area contributed by atoms with Crippen molar-refractivity contribution in [3.8, 4) is 0 Å². The van der Waals surface area contributed by atoms with Crippen LogP contribution in [0.25, 0.3) is 0 Å². The van der Waals surface area contributed by atoms with Crippen LogP contribution < -0.4 is 0 Å². The van der Waals surface area contributed by atoms with E-state index in [-0.39, 0.29) is 48.9 Å².